The quantitative estimate of drug-likeness (QED) is 0.216. The molecule has 0 aliphatic heterocycles. The number of ether oxygens (including phenoxy) is 3. The fourth-order valence-electron chi connectivity index (χ4n) is 2.02. The van der Waals surface area contributed by atoms with Gasteiger partial charge in [-0.2, -0.15) is 0 Å². The van der Waals surface area contributed by atoms with E-state index in [1.54, 1.807) is 13.2 Å². The van der Waals surface area contributed by atoms with Crippen LogP contribution in [0.25, 0.3) is 0 Å². The second kappa shape index (κ2) is 11.0. The summed E-state index contributed by atoms with van der Waals surface area (Å²) in [5.41, 5.74) is 1.20. The van der Waals surface area contributed by atoms with Crippen LogP contribution in [0, 0.1) is 11.3 Å². The maximum Gasteiger partial charge on any atom is 0.265 e. The molecule has 0 aliphatic rings. The van der Waals surface area contributed by atoms with E-state index in [0.29, 0.717) is 0 Å². The highest BCUT2D eigenvalue weighted by Crippen LogP contribution is 2.27. The van der Waals surface area contributed by atoms with Gasteiger partial charge in [0.05, 0.1) is 6.10 Å². The van der Waals surface area contributed by atoms with Crippen molar-refractivity contribution in [1.82, 2.24) is 0 Å². The lowest BCUT2D eigenvalue weighted by atomic mass is 9.94. The summed E-state index contributed by atoms with van der Waals surface area (Å²) in [7, 11) is 1.59. The Bertz CT molecular complexity index is 518. The Labute approximate surface area is 158 Å². The summed E-state index contributed by atoms with van der Waals surface area (Å²) in [6.07, 6.45) is 4.54. The third-order valence-corrected chi connectivity index (χ3v) is 3.85. The first-order valence-electron chi connectivity index (χ1n) is 7.44. The van der Waals surface area contributed by atoms with Gasteiger partial charge in [-0.15, -0.1) is 0 Å². The molecular formula is C17H22Cl3NO3. The molecule has 1 rings (SSSR count). The molecule has 2 atom stereocenters. The van der Waals surface area contributed by atoms with E-state index in [9.17, 15) is 0 Å². The standard InChI is InChI=1S/C17H22Cl3NO3/c1-13(24-12-22-2)15(11-14-7-4-3-5-8-14)9-6-10-23-16(21)17(18,19)20/h3-9,13,15,21H,10-12H2,1-2H3/b9-6+,21-16?/t13-,15-/m1/s1. The molecule has 0 fully saturated rings. The molecule has 0 radical (unpaired) electrons. The molecule has 0 aromatic heterocycles. The molecule has 0 aliphatic carbocycles. The minimum Gasteiger partial charge on any atom is -0.474 e. The minimum atomic E-state index is -1.84. The van der Waals surface area contributed by atoms with Gasteiger partial charge < -0.3 is 14.2 Å². The van der Waals surface area contributed by atoms with Crippen molar-refractivity contribution in [3.05, 3.63) is 48.0 Å². The summed E-state index contributed by atoms with van der Waals surface area (Å²) < 4.78 is 13.9. The second-order valence-corrected chi connectivity index (χ2v) is 7.48. The third kappa shape index (κ3) is 8.36. The van der Waals surface area contributed by atoms with Crippen LogP contribution in [0.2, 0.25) is 0 Å². The molecule has 0 spiro atoms. The van der Waals surface area contributed by atoms with Crippen molar-refractivity contribution in [3.8, 4) is 0 Å². The summed E-state index contributed by atoms with van der Waals surface area (Å²) in [6, 6.07) is 10.1. The lowest BCUT2D eigenvalue weighted by Crippen LogP contribution is -2.23. The molecule has 1 aromatic rings. The van der Waals surface area contributed by atoms with Gasteiger partial charge in [0.15, 0.2) is 0 Å². The van der Waals surface area contributed by atoms with Gasteiger partial charge in [0.25, 0.3) is 3.79 Å². The zero-order valence-electron chi connectivity index (χ0n) is 13.7. The molecule has 24 heavy (non-hydrogen) atoms. The molecular weight excluding hydrogens is 373 g/mol. The fourth-order valence-corrected chi connectivity index (χ4v) is 2.18. The lowest BCUT2D eigenvalue weighted by Gasteiger charge is -2.21. The molecule has 0 bridgehead atoms. The summed E-state index contributed by atoms with van der Waals surface area (Å²) in [5, 5.41) is 7.49. The number of nitrogens with one attached hydrogen (secondary N) is 1. The first kappa shape index (κ1) is 21.3. The molecule has 0 unspecified atom stereocenters. The predicted molar refractivity (Wildman–Crippen MR) is 99.2 cm³/mol. The van der Waals surface area contributed by atoms with E-state index >= 15 is 0 Å². The second-order valence-electron chi connectivity index (χ2n) is 5.20. The monoisotopic (exact) mass is 393 g/mol. The topological polar surface area (TPSA) is 51.5 Å². The Morgan fingerprint density at radius 1 is 1.25 bits per heavy atom. The van der Waals surface area contributed by atoms with Crippen LogP contribution in [0.4, 0.5) is 0 Å². The van der Waals surface area contributed by atoms with Crippen molar-refractivity contribution in [2.75, 3.05) is 20.5 Å². The van der Waals surface area contributed by atoms with E-state index in [1.165, 1.54) is 5.56 Å². The van der Waals surface area contributed by atoms with E-state index in [2.05, 4.69) is 12.1 Å². The number of hydrogen-bond acceptors (Lipinski definition) is 4. The summed E-state index contributed by atoms with van der Waals surface area (Å²) >= 11 is 16.7. The molecule has 1 aromatic carbocycles. The van der Waals surface area contributed by atoms with Gasteiger partial charge in [0.1, 0.15) is 13.4 Å². The summed E-state index contributed by atoms with van der Waals surface area (Å²) in [6.45, 7) is 2.37. The molecule has 4 nitrogen and oxygen atoms in total. The van der Waals surface area contributed by atoms with E-state index < -0.39 is 9.69 Å². The van der Waals surface area contributed by atoms with Gasteiger partial charge in [-0.25, -0.2) is 0 Å². The first-order chi connectivity index (χ1) is 11.3. The van der Waals surface area contributed by atoms with Crippen molar-refractivity contribution in [2.24, 2.45) is 5.92 Å². The number of methoxy groups -OCH3 is 1. The molecule has 0 heterocycles. The van der Waals surface area contributed by atoms with Crippen LogP contribution in [-0.2, 0) is 20.6 Å². The summed E-state index contributed by atoms with van der Waals surface area (Å²) in [4.78, 5) is 0. The zero-order chi connectivity index (χ0) is 18.0. The molecule has 0 saturated carbocycles. The third-order valence-electron chi connectivity index (χ3n) is 3.33. The van der Waals surface area contributed by atoms with Crippen LogP contribution < -0.4 is 0 Å². The Balaban J connectivity index is 2.63. The lowest BCUT2D eigenvalue weighted by molar-refractivity contribution is -0.0777. The predicted octanol–water partition coefficient (Wildman–Crippen LogP) is 4.77. The Morgan fingerprint density at radius 2 is 1.92 bits per heavy atom. The van der Waals surface area contributed by atoms with Crippen LogP contribution in [-0.4, -0.2) is 36.3 Å². The number of alkyl halides is 3. The summed E-state index contributed by atoms with van der Waals surface area (Å²) in [5.74, 6) is -0.284. The Hall–Kier alpha value is -0.780. The van der Waals surface area contributed by atoms with Crippen molar-refractivity contribution in [2.45, 2.75) is 23.2 Å². The van der Waals surface area contributed by atoms with Gasteiger partial charge in [0.2, 0.25) is 5.90 Å². The maximum atomic E-state index is 7.49. The van der Waals surface area contributed by atoms with Crippen molar-refractivity contribution >= 4 is 40.7 Å². The van der Waals surface area contributed by atoms with E-state index in [4.69, 9.17) is 54.4 Å². The van der Waals surface area contributed by atoms with E-state index in [-0.39, 0.29) is 25.4 Å². The number of benzene rings is 1. The molecule has 7 heteroatoms. The van der Waals surface area contributed by atoms with Crippen LogP contribution >= 0.6 is 34.8 Å². The minimum absolute atomic E-state index is 0.0472. The van der Waals surface area contributed by atoms with Gasteiger partial charge in [-0.3, -0.25) is 5.41 Å². The van der Waals surface area contributed by atoms with Crippen molar-refractivity contribution in [1.29, 1.82) is 5.41 Å². The smallest absolute Gasteiger partial charge is 0.265 e. The fraction of sp³-hybridized carbons (Fsp3) is 0.471. The molecule has 0 amide bonds. The highest BCUT2D eigenvalue weighted by Gasteiger charge is 2.28. The number of rotatable bonds is 9. The molecule has 0 saturated heterocycles. The highest BCUT2D eigenvalue weighted by atomic mass is 35.6. The maximum absolute atomic E-state index is 7.49. The van der Waals surface area contributed by atoms with Crippen LogP contribution in [0.1, 0.15) is 12.5 Å². The van der Waals surface area contributed by atoms with Gasteiger partial charge in [0, 0.05) is 13.0 Å². The normalized spacial score (nSPS) is 14.5. The average Bonchev–Trinajstić information content (AvgIpc) is 2.55. The number of hydrogen-bond donors (Lipinski definition) is 1. The van der Waals surface area contributed by atoms with Crippen LogP contribution in [0.15, 0.2) is 42.5 Å². The Morgan fingerprint density at radius 3 is 2.50 bits per heavy atom. The van der Waals surface area contributed by atoms with E-state index in [0.717, 1.165) is 6.42 Å². The van der Waals surface area contributed by atoms with Crippen LogP contribution in [0.5, 0.6) is 0 Å². The van der Waals surface area contributed by atoms with Gasteiger partial charge >= 0.3 is 0 Å². The highest BCUT2D eigenvalue weighted by molar-refractivity contribution is 6.76. The zero-order valence-corrected chi connectivity index (χ0v) is 15.9. The Kier molecular flexibility index (Phi) is 9.71. The molecule has 134 valence electrons. The first-order valence-corrected chi connectivity index (χ1v) is 8.57. The van der Waals surface area contributed by atoms with Crippen molar-refractivity contribution < 1.29 is 14.2 Å². The SMILES string of the molecule is COCO[C@H](C)[C@H](/C=C/COC(=N)C(Cl)(Cl)Cl)Cc1ccccc1. The van der Waals surface area contributed by atoms with Gasteiger partial charge in [-0.1, -0.05) is 77.3 Å². The number of halogens is 3. The van der Waals surface area contributed by atoms with Gasteiger partial charge in [-0.05, 0) is 18.9 Å². The van der Waals surface area contributed by atoms with Crippen LogP contribution in [0.3, 0.4) is 0 Å². The molecule has 1 N–H and O–H groups in total. The average molecular weight is 395 g/mol. The van der Waals surface area contributed by atoms with Crippen molar-refractivity contribution in [3.63, 3.8) is 0 Å². The largest absolute Gasteiger partial charge is 0.474 e. The van der Waals surface area contributed by atoms with E-state index in [1.807, 2.05) is 31.2 Å².